The van der Waals surface area contributed by atoms with Gasteiger partial charge < -0.3 is 4.90 Å². The summed E-state index contributed by atoms with van der Waals surface area (Å²) in [6.07, 6.45) is 12.9. The normalized spacial score (nSPS) is 23.4. The summed E-state index contributed by atoms with van der Waals surface area (Å²) in [6, 6.07) is 4.54. The Labute approximate surface area is 121 Å². The highest BCUT2D eigenvalue weighted by Gasteiger charge is 2.35. The highest BCUT2D eigenvalue weighted by molar-refractivity contribution is 5.77. The van der Waals surface area contributed by atoms with Crippen LogP contribution in [-0.4, -0.2) is 28.4 Å². The first kappa shape index (κ1) is 13.6. The van der Waals surface area contributed by atoms with Crippen molar-refractivity contribution in [3.8, 4) is 0 Å². The summed E-state index contributed by atoms with van der Waals surface area (Å²) in [5.41, 5.74) is 1.16. The molecule has 108 valence electrons. The Morgan fingerprint density at radius 1 is 1.25 bits per heavy atom. The lowest BCUT2D eigenvalue weighted by atomic mass is 9.95. The van der Waals surface area contributed by atoms with Crippen LogP contribution in [0.5, 0.6) is 0 Å². The summed E-state index contributed by atoms with van der Waals surface area (Å²) in [7, 11) is 0. The number of amides is 1. The Hall–Kier alpha value is -1.38. The van der Waals surface area contributed by atoms with E-state index in [-0.39, 0.29) is 0 Å². The fourth-order valence-corrected chi connectivity index (χ4v) is 3.88. The van der Waals surface area contributed by atoms with E-state index in [2.05, 4.69) is 16.0 Å². The zero-order valence-corrected chi connectivity index (χ0v) is 12.1. The van der Waals surface area contributed by atoms with E-state index in [1.165, 1.54) is 38.5 Å². The first-order chi connectivity index (χ1) is 9.84. The molecule has 0 spiro atoms. The Balaban J connectivity index is 1.55. The Kier molecular flexibility index (Phi) is 4.34. The lowest BCUT2D eigenvalue weighted by Gasteiger charge is -2.29. The average Bonchev–Trinajstić information content (AvgIpc) is 3.15. The van der Waals surface area contributed by atoms with Crippen molar-refractivity contribution in [1.82, 2.24) is 9.88 Å². The summed E-state index contributed by atoms with van der Waals surface area (Å²) in [4.78, 5) is 18.8. The first-order valence-corrected chi connectivity index (χ1v) is 8.03. The third kappa shape index (κ3) is 3.02. The number of aromatic nitrogens is 1. The molecule has 1 saturated heterocycles. The van der Waals surface area contributed by atoms with Crippen LogP contribution in [0.4, 0.5) is 0 Å². The average molecular weight is 272 g/mol. The number of hydrogen-bond donors (Lipinski definition) is 0. The second-order valence-corrected chi connectivity index (χ2v) is 6.20. The maximum Gasteiger partial charge on any atom is 0.223 e. The van der Waals surface area contributed by atoms with Gasteiger partial charge >= 0.3 is 0 Å². The van der Waals surface area contributed by atoms with E-state index in [0.717, 1.165) is 24.4 Å². The molecule has 2 fully saturated rings. The van der Waals surface area contributed by atoms with Crippen LogP contribution in [0.2, 0.25) is 0 Å². The molecule has 0 N–H and O–H groups in total. The standard InChI is InChI=1S/C17H24N2O/c20-17(10-9-14-5-3-11-18-13-14)19-12-4-8-16(19)15-6-1-2-7-15/h3,5,11,13,15-16H,1-2,4,6-10,12H2. The molecular weight excluding hydrogens is 248 g/mol. The molecule has 1 amide bonds. The summed E-state index contributed by atoms with van der Waals surface area (Å²) >= 11 is 0. The van der Waals surface area contributed by atoms with Crippen molar-refractivity contribution in [2.24, 2.45) is 5.92 Å². The molecule has 3 rings (SSSR count). The van der Waals surface area contributed by atoms with Crippen LogP contribution in [0, 0.1) is 5.92 Å². The maximum absolute atomic E-state index is 12.5. The van der Waals surface area contributed by atoms with Crippen molar-refractivity contribution in [3.05, 3.63) is 30.1 Å². The molecule has 2 aliphatic rings. The minimum absolute atomic E-state index is 0.350. The minimum Gasteiger partial charge on any atom is -0.339 e. The first-order valence-electron chi connectivity index (χ1n) is 8.03. The van der Waals surface area contributed by atoms with Crippen molar-refractivity contribution >= 4 is 5.91 Å². The zero-order chi connectivity index (χ0) is 13.8. The van der Waals surface area contributed by atoms with Crippen molar-refractivity contribution in [1.29, 1.82) is 0 Å². The van der Waals surface area contributed by atoms with E-state index < -0.39 is 0 Å². The number of carbonyl (C=O) groups is 1. The van der Waals surface area contributed by atoms with Crippen molar-refractivity contribution in [3.63, 3.8) is 0 Å². The van der Waals surface area contributed by atoms with Crippen LogP contribution in [-0.2, 0) is 11.2 Å². The molecule has 1 aromatic rings. The molecule has 3 heteroatoms. The van der Waals surface area contributed by atoms with Crippen LogP contribution < -0.4 is 0 Å². The number of pyridine rings is 1. The van der Waals surface area contributed by atoms with Gasteiger partial charge in [-0.05, 0) is 49.7 Å². The zero-order valence-electron chi connectivity index (χ0n) is 12.1. The van der Waals surface area contributed by atoms with Gasteiger partial charge in [0.05, 0.1) is 0 Å². The van der Waals surface area contributed by atoms with Crippen molar-refractivity contribution in [2.75, 3.05) is 6.54 Å². The Bertz CT molecular complexity index is 440. The third-order valence-electron chi connectivity index (χ3n) is 4.91. The van der Waals surface area contributed by atoms with E-state index in [9.17, 15) is 4.79 Å². The number of aryl methyl sites for hydroxylation is 1. The van der Waals surface area contributed by atoms with E-state index >= 15 is 0 Å². The molecule has 0 radical (unpaired) electrons. The second-order valence-electron chi connectivity index (χ2n) is 6.20. The van der Waals surface area contributed by atoms with Crippen LogP contribution >= 0.6 is 0 Å². The largest absolute Gasteiger partial charge is 0.339 e. The molecule has 1 aromatic heterocycles. The molecule has 1 saturated carbocycles. The molecule has 20 heavy (non-hydrogen) atoms. The molecular formula is C17H24N2O. The van der Waals surface area contributed by atoms with Gasteiger partial charge in [-0.2, -0.15) is 0 Å². The third-order valence-corrected chi connectivity index (χ3v) is 4.91. The van der Waals surface area contributed by atoms with Gasteiger partial charge in [0, 0.05) is 31.4 Å². The van der Waals surface area contributed by atoms with Gasteiger partial charge in [0.15, 0.2) is 0 Å². The van der Waals surface area contributed by atoms with Crippen LogP contribution in [0.3, 0.4) is 0 Å². The van der Waals surface area contributed by atoms with Gasteiger partial charge in [0.25, 0.3) is 0 Å². The summed E-state index contributed by atoms with van der Waals surface area (Å²) < 4.78 is 0. The molecule has 1 aliphatic carbocycles. The molecule has 1 atom stereocenters. The fraction of sp³-hybridized carbons (Fsp3) is 0.647. The van der Waals surface area contributed by atoms with Crippen molar-refractivity contribution < 1.29 is 4.79 Å². The van der Waals surface area contributed by atoms with Gasteiger partial charge in [-0.15, -0.1) is 0 Å². The van der Waals surface area contributed by atoms with Gasteiger partial charge in [-0.25, -0.2) is 0 Å². The molecule has 1 aliphatic heterocycles. The quantitative estimate of drug-likeness (QED) is 0.843. The molecule has 0 bridgehead atoms. The Morgan fingerprint density at radius 3 is 2.85 bits per heavy atom. The Morgan fingerprint density at radius 2 is 2.10 bits per heavy atom. The minimum atomic E-state index is 0.350. The van der Waals surface area contributed by atoms with Crippen LogP contribution in [0.25, 0.3) is 0 Å². The predicted molar refractivity (Wildman–Crippen MR) is 79.3 cm³/mol. The summed E-state index contributed by atoms with van der Waals surface area (Å²) in [5, 5.41) is 0. The SMILES string of the molecule is O=C(CCc1cccnc1)N1CCCC1C1CCCC1. The van der Waals surface area contributed by atoms with E-state index in [0.29, 0.717) is 18.4 Å². The highest BCUT2D eigenvalue weighted by atomic mass is 16.2. The van der Waals surface area contributed by atoms with Gasteiger partial charge in [0.1, 0.15) is 0 Å². The predicted octanol–water partition coefficient (Wildman–Crippen LogP) is 3.20. The van der Waals surface area contributed by atoms with E-state index in [1.54, 1.807) is 6.20 Å². The number of carbonyl (C=O) groups excluding carboxylic acids is 1. The fourth-order valence-electron chi connectivity index (χ4n) is 3.88. The van der Waals surface area contributed by atoms with Crippen molar-refractivity contribution in [2.45, 2.75) is 57.4 Å². The van der Waals surface area contributed by atoms with Gasteiger partial charge in [-0.1, -0.05) is 18.9 Å². The van der Waals surface area contributed by atoms with Crippen LogP contribution in [0.1, 0.15) is 50.5 Å². The molecule has 2 heterocycles. The monoisotopic (exact) mass is 272 g/mol. The molecule has 0 aromatic carbocycles. The number of hydrogen-bond acceptors (Lipinski definition) is 2. The molecule has 1 unspecified atom stereocenters. The maximum atomic E-state index is 12.5. The lowest BCUT2D eigenvalue weighted by molar-refractivity contribution is -0.132. The van der Waals surface area contributed by atoms with E-state index in [4.69, 9.17) is 0 Å². The lowest BCUT2D eigenvalue weighted by Crippen LogP contribution is -2.39. The molecule has 3 nitrogen and oxygen atoms in total. The van der Waals surface area contributed by atoms with Gasteiger partial charge in [0.2, 0.25) is 5.91 Å². The summed E-state index contributed by atoms with van der Waals surface area (Å²) in [6.45, 7) is 0.979. The van der Waals surface area contributed by atoms with Gasteiger partial charge in [-0.3, -0.25) is 9.78 Å². The second kappa shape index (κ2) is 6.38. The highest BCUT2D eigenvalue weighted by Crippen LogP contribution is 2.35. The number of rotatable bonds is 4. The number of nitrogens with zero attached hydrogens (tertiary/aromatic N) is 2. The smallest absolute Gasteiger partial charge is 0.223 e. The topological polar surface area (TPSA) is 33.2 Å². The summed E-state index contributed by atoms with van der Waals surface area (Å²) in [5.74, 6) is 1.13. The van der Waals surface area contributed by atoms with E-state index in [1.807, 2.05) is 12.3 Å². The number of likely N-dealkylation sites (tertiary alicyclic amines) is 1. The van der Waals surface area contributed by atoms with Crippen LogP contribution in [0.15, 0.2) is 24.5 Å².